The summed E-state index contributed by atoms with van der Waals surface area (Å²) in [5.74, 6) is -0.218. The molecule has 0 aliphatic carbocycles. The molecule has 2 rings (SSSR count). The largest absolute Gasteiger partial charge is 0.394 e. The number of aromatic nitrogens is 3. The molecule has 1 amide bonds. The van der Waals surface area contributed by atoms with Gasteiger partial charge in [-0.25, -0.2) is 4.68 Å². The van der Waals surface area contributed by atoms with Crippen LogP contribution in [0.3, 0.4) is 0 Å². The van der Waals surface area contributed by atoms with Gasteiger partial charge in [-0.2, -0.15) is 0 Å². The van der Waals surface area contributed by atoms with Gasteiger partial charge in [0.2, 0.25) is 0 Å². The Morgan fingerprint density at radius 1 is 1.56 bits per heavy atom. The van der Waals surface area contributed by atoms with Gasteiger partial charge in [0.15, 0.2) is 0 Å². The lowest BCUT2D eigenvalue weighted by atomic mass is 10.1. The minimum atomic E-state index is -0.264. The van der Waals surface area contributed by atoms with E-state index in [0.29, 0.717) is 11.1 Å². The summed E-state index contributed by atoms with van der Waals surface area (Å²) >= 11 is 0. The van der Waals surface area contributed by atoms with Crippen LogP contribution >= 0.6 is 0 Å². The summed E-state index contributed by atoms with van der Waals surface area (Å²) in [6, 6.07) is 5.00. The molecule has 0 aliphatic heterocycles. The van der Waals surface area contributed by atoms with Crippen molar-refractivity contribution in [2.24, 2.45) is 0 Å². The maximum absolute atomic E-state index is 11.9. The molecule has 0 fully saturated rings. The van der Waals surface area contributed by atoms with Gasteiger partial charge in [0.1, 0.15) is 5.52 Å². The van der Waals surface area contributed by atoms with E-state index >= 15 is 0 Å². The van der Waals surface area contributed by atoms with Crippen LogP contribution in [0.15, 0.2) is 18.2 Å². The third-order valence-electron chi connectivity index (χ3n) is 2.73. The molecular formula is C12H16N4O2. The van der Waals surface area contributed by atoms with Crippen molar-refractivity contribution in [3.8, 4) is 0 Å². The van der Waals surface area contributed by atoms with E-state index in [0.717, 1.165) is 12.1 Å². The lowest BCUT2D eigenvalue weighted by Crippen LogP contribution is -2.34. The first-order valence-electron chi connectivity index (χ1n) is 5.90. The first kappa shape index (κ1) is 12.5. The van der Waals surface area contributed by atoms with Crippen LogP contribution in [-0.2, 0) is 6.54 Å². The Kier molecular flexibility index (Phi) is 3.57. The summed E-state index contributed by atoms with van der Waals surface area (Å²) in [5, 5.41) is 19.6. The zero-order chi connectivity index (χ0) is 13.1. The highest BCUT2D eigenvalue weighted by molar-refractivity contribution is 5.97. The van der Waals surface area contributed by atoms with E-state index in [1.54, 1.807) is 23.7 Å². The molecule has 2 N–H and O–H groups in total. The normalized spacial score (nSPS) is 12.6. The van der Waals surface area contributed by atoms with Crippen LogP contribution < -0.4 is 5.32 Å². The second kappa shape index (κ2) is 5.14. The van der Waals surface area contributed by atoms with Crippen LogP contribution in [0, 0.1) is 0 Å². The average molecular weight is 248 g/mol. The Morgan fingerprint density at radius 2 is 2.33 bits per heavy atom. The van der Waals surface area contributed by atoms with Crippen molar-refractivity contribution in [1.29, 1.82) is 0 Å². The molecule has 0 unspecified atom stereocenters. The number of carbonyl (C=O) groups is 1. The minimum absolute atomic E-state index is 0.0833. The molecule has 0 aliphatic rings. The maximum Gasteiger partial charge on any atom is 0.251 e. The van der Waals surface area contributed by atoms with Crippen LogP contribution in [0.2, 0.25) is 0 Å². The molecule has 1 atom stereocenters. The number of aliphatic hydroxyl groups excluding tert-OH is 1. The number of nitrogens with zero attached hydrogens (tertiary/aromatic N) is 3. The van der Waals surface area contributed by atoms with Gasteiger partial charge in [0.25, 0.3) is 5.91 Å². The summed E-state index contributed by atoms with van der Waals surface area (Å²) in [7, 11) is 0. The van der Waals surface area contributed by atoms with Crippen molar-refractivity contribution in [1.82, 2.24) is 20.3 Å². The van der Waals surface area contributed by atoms with Crippen molar-refractivity contribution < 1.29 is 9.90 Å². The Morgan fingerprint density at radius 3 is 3.00 bits per heavy atom. The second-order valence-electron chi connectivity index (χ2n) is 4.17. The summed E-state index contributed by atoms with van der Waals surface area (Å²) in [4.78, 5) is 11.9. The van der Waals surface area contributed by atoms with Gasteiger partial charge in [-0.1, -0.05) is 5.21 Å². The van der Waals surface area contributed by atoms with Gasteiger partial charge in [-0.05, 0) is 32.0 Å². The smallest absolute Gasteiger partial charge is 0.251 e. The Balaban J connectivity index is 2.27. The van der Waals surface area contributed by atoms with Crippen molar-refractivity contribution >= 4 is 16.9 Å². The van der Waals surface area contributed by atoms with E-state index in [1.807, 2.05) is 13.0 Å². The lowest BCUT2D eigenvalue weighted by molar-refractivity contribution is 0.0922. The van der Waals surface area contributed by atoms with Crippen molar-refractivity contribution in [2.75, 3.05) is 6.61 Å². The van der Waals surface area contributed by atoms with Crippen molar-refractivity contribution in [2.45, 2.75) is 26.4 Å². The molecule has 2 aromatic rings. The molecular weight excluding hydrogens is 232 g/mol. The van der Waals surface area contributed by atoms with Gasteiger partial charge in [0, 0.05) is 18.2 Å². The van der Waals surface area contributed by atoms with Crippen molar-refractivity contribution in [3.05, 3.63) is 23.8 Å². The average Bonchev–Trinajstić information content (AvgIpc) is 2.80. The molecule has 1 heterocycles. The molecule has 6 nitrogen and oxygen atoms in total. The number of aryl methyl sites for hydroxylation is 1. The van der Waals surface area contributed by atoms with Crippen LogP contribution in [0.1, 0.15) is 24.2 Å². The Labute approximate surface area is 105 Å². The highest BCUT2D eigenvalue weighted by Gasteiger charge is 2.11. The van der Waals surface area contributed by atoms with E-state index in [9.17, 15) is 4.79 Å². The topological polar surface area (TPSA) is 80.0 Å². The van der Waals surface area contributed by atoms with Gasteiger partial charge in [-0.15, -0.1) is 5.10 Å². The fourth-order valence-electron chi connectivity index (χ4n) is 1.70. The number of carbonyl (C=O) groups excluding carboxylic acids is 1. The number of rotatable bonds is 4. The van der Waals surface area contributed by atoms with Gasteiger partial charge >= 0.3 is 0 Å². The number of hydrogen-bond donors (Lipinski definition) is 2. The van der Waals surface area contributed by atoms with Crippen LogP contribution in [0.5, 0.6) is 0 Å². The van der Waals surface area contributed by atoms with E-state index in [4.69, 9.17) is 5.11 Å². The monoisotopic (exact) mass is 248 g/mol. The summed E-state index contributed by atoms with van der Waals surface area (Å²) < 4.78 is 1.77. The number of amides is 1. The van der Waals surface area contributed by atoms with E-state index in [1.165, 1.54) is 0 Å². The fourth-order valence-corrected chi connectivity index (χ4v) is 1.70. The maximum atomic E-state index is 11.9. The molecule has 96 valence electrons. The van der Waals surface area contributed by atoms with Crippen LogP contribution in [-0.4, -0.2) is 38.7 Å². The highest BCUT2D eigenvalue weighted by Crippen LogP contribution is 2.13. The molecule has 1 aromatic carbocycles. The molecule has 0 bridgehead atoms. The van der Waals surface area contributed by atoms with Gasteiger partial charge in [-0.3, -0.25) is 4.79 Å². The zero-order valence-electron chi connectivity index (χ0n) is 10.4. The molecule has 0 saturated heterocycles. The number of aliphatic hydroxyl groups is 1. The number of fused-ring (bicyclic) bond motifs is 1. The van der Waals surface area contributed by atoms with E-state index in [-0.39, 0.29) is 18.6 Å². The van der Waals surface area contributed by atoms with Crippen LogP contribution in [0.25, 0.3) is 11.0 Å². The highest BCUT2D eigenvalue weighted by atomic mass is 16.3. The first-order chi connectivity index (χ1) is 8.65. The van der Waals surface area contributed by atoms with Gasteiger partial charge < -0.3 is 10.4 Å². The molecule has 0 saturated carbocycles. The summed E-state index contributed by atoms with van der Waals surface area (Å²) in [6.45, 7) is 4.38. The quantitative estimate of drug-likeness (QED) is 0.828. The third-order valence-corrected chi connectivity index (χ3v) is 2.73. The second-order valence-corrected chi connectivity index (χ2v) is 4.17. The number of nitrogens with one attached hydrogen (secondary N) is 1. The SMILES string of the molecule is CCn1nnc2cc(C(=O)N[C@H](C)CO)ccc21. The number of benzene rings is 1. The van der Waals surface area contributed by atoms with Crippen molar-refractivity contribution in [3.63, 3.8) is 0 Å². The molecule has 18 heavy (non-hydrogen) atoms. The standard InChI is InChI=1S/C12H16N4O2/c1-3-16-11-5-4-9(6-10(11)14-15-16)12(18)13-8(2)7-17/h4-6,8,17H,3,7H2,1-2H3,(H,13,18)/t8-/m1/s1. The Hall–Kier alpha value is -1.95. The number of hydrogen-bond acceptors (Lipinski definition) is 4. The molecule has 6 heteroatoms. The van der Waals surface area contributed by atoms with E-state index in [2.05, 4.69) is 15.6 Å². The summed E-state index contributed by atoms with van der Waals surface area (Å²) in [5.41, 5.74) is 2.12. The predicted molar refractivity (Wildman–Crippen MR) is 67.2 cm³/mol. The third kappa shape index (κ3) is 2.33. The fraction of sp³-hybridized carbons (Fsp3) is 0.417. The zero-order valence-corrected chi connectivity index (χ0v) is 10.4. The van der Waals surface area contributed by atoms with Crippen LogP contribution in [0.4, 0.5) is 0 Å². The molecule has 1 aromatic heterocycles. The summed E-state index contributed by atoms with van der Waals surface area (Å²) in [6.07, 6.45) is 0. The minimum Gasteiger partial charge on any atom is -0.394 e. The predicted octanol–water partition coefficient (Wildman–Crippen LogP) is 0.562. The molecule has 0 radical (unpaired) electrons. The Bertz CT molecular complexity index is 564. The van der Waals surface area contributed by atoms with E-state index < -0.39 is 0 Å². The molecule has 0 spiro atoms. The lowest BCUT2D eigenvalue weighted by Gasteiger charge is -2.10. The van der Waals surface area contributed by atoms with Gasteiger partial charge in [0.05, 0.1) is 12.1 Å². The first-order valence-corrected chi connectivity index (χ1v) is 5.90.